The molecule has 1 atom stereocenters. The molecule has 4 heterocycles. The van der Waals surface area contributed by atoms with E-state index in [0.717, 1.165) is 73.7 Å². The maximum Gasteiger partial charge on any atom is 0.182 e. The minimum atomic E-state index is 0. The molecule has 0 radical (unpaired) electrons. The van der Waals surface area contributed by atoms with Crippen LogP contribution < -0.4 is 34.9 Å². The minimum Gasteiger partial charge on any atom is -0.496 e. The second-order valence-electron chi connectivity index (χ2n) is 19.8. The van der Waals surface area contributed by atoms with E-state index in [0.29, 0.717) is 75.8 Å². The van der Waals surface area contributed by atoms with Crippen molar-refractivity contribution in [3.05, 3.63) is 148 Å². The standard InChI is InChI=1S/C20H24O3.C18H23N5O.C13H21NO.C5H3ClN4.C4H11N.3CH4/c1-4-15(2)17-7-5-16(6-8-17)11-12-23-19-10-9-18(14-21)20(13-19)22-3;1-12(2)8-23(9-14-6-5-13(3)7-15(14)24-4)18-16-17(20-10-19-16)21-11-22-18;1-10(2)8-14-9-12-6-5-11(3)7-13(12)15-4;6-4-3-5(9-1-7-3)10-2-8-4;1-4(2)3-5;;;/h5-10,13-15H,4,11-12H2,1-3H3;5-7,10-12H,8-9H2,1-4H3,(H,19,20,21,22);5-7,10,14H,8-9H2,1-4H3;1-2H,(H,7,8,9,10);4H,3,5H2,1-2H3;3*1H4. The Morgan fingerprint density at radius 1 is 0.675 bits per heavy atom. The number of carbonyl (C=O) groups is 1. The van der Waals surface area contributed by atoms with Crippen LogP contribution in [-0.4, -0.2) is 93.7 Å². The molecule has 0 spiro atoms. The highest BCUT2D eigenvalue weighted by Gasteiger charge is 2.18. The van der Waals surface area contributed by atoms with Crippen LogP contribution in [0.3, 0.4) is 0 Å². The van der Waals surface area contributed by atoms with Gasteiger partial charge in [-0.05, 0) is 104 Å². The fourth-order valence-electron chi connectivity index (χ4n) is 7.49. The van der Waals surface area contributed by atoms with Gasteiger partial charge in [-0.3, -0.25) is 4.79 Å². The maximum absolute atomic E-state index is 10.9. The van der Waals surface area contributed by atoms with Gasteiger partial charge in [0.05, 0.1) is 46.2 Å². The van der Waals surface area contributed by atoms with Crippen LogP contribution in [0.4, 0.5) is 5.82 Å². The van der Waals surface area contributed by atoms with Crippen LogP contribution in [0.1, 0.15) is 134 Å². The third-order valence-corrected chi connectivity index (χ3v) is 12.3. The number of aromatic amines is 2. The zero-order chi connectivity index (χ0) is 56.3. The second kappa shape index (κ2) is 37.7. The smallest absolute Gasteiger partial charge is 0.182 e. The van der Waals surface area contributed by atoms with Crippen molar-refractivity contribution in [1.82, 2.24) is 45.2 Å². The third-order valence-electron chi connectivity index (χ3n) is 12.0. The predicted molar refractivity (Wildman–Crippen MR) is 333 cm³/mol. The van der Waals surface area contributed by atoms with Crippen molar-refractivity contribution in [3.8, 4) is 23.0 Å². The van der Waals surface area contributed by atoms with E-state index in [9.17, 15) is 4.79 Å². The number of H-pyrrole nitrogens is 2. The maximum atomic E-state index is 10.9. The van der Waals surface area contributed by atoms with Gasteiger partial charge in [-0.25, -0.2) is 29.9 Å². The SMILES string of the molecule is C.C.C.CC(C)CN.CCC(C)c1ccc(CCOc2ccc(C=O)c(OC)c2)cc1.COc1cc(C)ccc1CN(CC(C)C)c1ncnc2nc[nH]c12.COc1cc(C)ccc1CNCC(C)C.Clc1ncnc2nc[nH]c12. The van der Waals surface area contributed by atoms with Crippen molar-refractivity contribution in [2.24, 2.45) is 23.5 Å². The van der Waals surface area contributed by atoms with Crippen LogP contribution in [0.5, 0.6) is 23.0 Å². The number of carbonyl (C=O) groups excluding carboxylic acids is 1. The van der Waals surface area contributed by atoms with Crippen LogP contribution in [0.15, 0.2) is 104 Å². The quantitative estimate of drug-likeness (QED) is 0.0414. The Hall–Kier alpha value is -7.14. The number of hydrogen-bond donors (Lipinski definition) is 4. The number of halogens is 1. The number of anilines is 1. The molecule has 4 aromatic heterocycles. The van der Waals surface area contributed by atoms with Crippen molar-refractivity contribution in [2.75, 3.05) is 52.5 Å². The van der Waals surface area contributed by atoms with E-state index in [2.05, 4.69) is 180 Å². The number of rotatable bonds is 20. The minimum absolute atomic E-state index is 0. The Bertz CT molecular complexity index is 2960. The van der Waals surface area contributed by atoms with Gasteiger partial charge in [-0.2, -0.15) is 0 Å². The first-order valence-corrected chi connectivity index (χ1v) is 26.6. The molecule has 438 valence electrons. The summed E-state index contributed by atoms with van der Waals surface area (Å²) in [6, 6.07) is 26.6. The van der Waals surface area contributed by atoms with Crippen LogP contribution in [0.2, 0.25) is 5.15 Å². The molecule has 5 N–H and O–H groups in total. The Labute approximate surface area is 483 Å². The van der Waals surface area contributed by atoms with Crippen LogP contribution in [0.25, 0.3) is 22.3 Å². The molecule has 0 aliphatic rings. The first kappa shape index (κ1) is 70.9. The van der Waals surface area contributed by atoms with Crippen molar-refractivity contribution in [1.29, 1.82) is 0 Å². The van der Waals surface area contributed by atoms with Gasteiger partial charge in [-0.1, -0.05) is 138 Å². The normalized spacial score (nSPS) is 10.7. The number of ether oxygens (including phenoxy) is 4. The van der Waals surface area contributed by atoms with Crippen LogP contribution in [-0.2, 0) is 19.5 Å². The molecule has 0 amide bonds. The monoisotopic (exact) mass is 1120 g/mol. The van der Waals surface area contributed by atoms with Gasteiger partial charge in [0.15, 0.2) is 28.6 Å². The van der Waals surface area contributed by atoms with Gasteiger partial charge >= 0.3 is 0 Å². The van der Waals surface area contributed by atoms with Gasteiger partial charge in [0.25, 0.3) is 0 Å². The zero-order valence-corrected chi connectivity index (χ0v) is 48.2. The molecule has 0 saturated heterocycles. The average molecular weight is 1120 g/mol. The van der Waals surface area contributed by atoms with E-state index in [4.69, 9.17) is 36.3 Å². The number of nitrogens with one attached hydrogen (secondary N) is 3. The number of imidazole rings is 2. The Kier molecular flexibility index (Phi) is 33.4. The summed E-state index contributed by atoms with van der Waals surface area (Å²) in [6.45, 7) is 26.5. The predicted octanol–water partition coefficient (Wildman–Crippen LogP) is 14.2. The van der Waals surface area contributed by atoms with E-state index in [1.165, 1.54) is 40.5 Å². The lowest BCUT2D eigenvalue weighted by molar-refractivity contribution is 0.112. The summed E-state index contributed by atoms with van der Waals surface area (Å²) >= 11 is 5.68. The molecule has 1 unspecified atom stereocenters. The Morgan fingerprint density at radius 2 is 1.24 bits per heavy atom. The number of nitrogens with two attached hydrogens (primary N) is 1. The molecule has 0 aliphatic heterocycles. The lowest BCUT2D eigenvalue weighted by Crippen LogP contribution is -2.28. The second-order valence-corrected chi connectivity index (χ2v) is 20.2. The fraction of sp³-hybridized carbons (Fsp3) is 0.444. The summed E-state index contributed by atoms with van der Waals surface area (Å²) in [6.07, 6.45) is 8.92. The summed E-state index contributed by atoms with van der Waals surface area (Å²) in [7, 11) is 4.98. The van der Waals surface area contributed by atoms with Crippen LogP contribution >= 0.6 is 11.6 Å². The van der Waals surface area contributed by atoms with E-state index >= 15 is 0 Å². The van der Waals surface area contributed by atoms with Gasteiger partial charge in [0, 0.05) is 43.2 Å². The first-order chi connectivity index (χ1) is 37.0. The summed E-state index contributed by atoms with van der Waals surface area (Å²) in [4.78, 5) is 43.6. The highest BCUT2D eigenvalue weighted by Crippen LogP contribution is 2.28. The molecule has 8 rings (SSSR count). The largest absolute Gasteiger partial charge is 0.496 e. The molecule has 0 fully saturated rings. The third kappa shape index (κ3) is 23.3. The summed E-state index contributed by atoms with van der Waals surface area (Å²) < 4.78 is 21.8. The number of fused-ring (bicyclic) bond motifs is 2. The number of benzene rings is 4. The molecule has 8 aromatic rings. The molecule has 0 bridgehead atoms. The van der Waals surface area contributed by atoms with E-state index in [-0.39, 0.29) is 22.3 Å². The summed E-state index contributed by atoms with van der Waals surface area (Å²) in [5.41, 5.74) is 15.9. The van der Waals surface area contributed by atoms with Gasteiger partial charge in [0.1, 0.15) is 46.7 Å². The first-order valence-electron chi connectivity index (χ1n) is 26.2. The van der Waals surface area contributed by atoms with Crippen molar-refractivity contribution in [3.63, 3.8) is 0 Å². The number of methoxy groups -OCH3 is 3. The molecule has 16 nitrogen and oxygen atoms in total. The molecule has 80 heavy (non-hydrogen) atoms. The van der Waals surface area contributed by atoms with Crippen molar-refractivity contribution in [2.45, 2.75) is 123 Å². The Balaban J connectivity index is 0.000000531. The van der Waals surface area contributed by atoms with Gasteiger partial charge < -0.3 is 44.9 Å². The average Bonchev–Trinajstić information content (AvgIpc) is 4.14. The number of aryl methyl sites for hydroxylation is 2. The topological polar surface area (TPSA) is 204 Å². The van der Waals surface area contributed by atoms with Crippen molar-refractivity contribution >= 4 is 46.0 Å². The molecule has 17 heteroatoms. The van der Waals surface area contributed by atoms with E-state index in [1.807, 2.05) is 0 Å². The zero-order valence-electron chi connectivity index (χ0n) is 47.5. The molecular formula is C63H94ClN11O5. The van der Waals surface area contributed by atoms with E-state index in [1.54, 1.807) is 52.2 Å². The number of hydrogen-bond acceptors (Lipinski definition) is 14. The number of aldehydes is 1. The fourth-order valence-corrected chi connectivity index (χ4v) is 7.67. The molecule has 0 aliphatic carbocycles. The highest BCUT2D eigenvalue weighted by molar-refractivity contribution is 6.33. The lowest BCUT2D eigenvalue weighted by Gasteiger charge is -2.26. The summed E-state index contributed by atoms with van der Waals surface area (Å²) in [5.74, 6) is 6.44. The van der Waals surface area contributed by atoms with E-state index < -0.39 is 0 Å². The molecule has 0 saturated carbocycles. The molecule has 4 aromatic carbocycles. The van der Waals surface area contributed by atoms with Crippen LogP contribution in [0, 0.1) is 31.6 Å². The lowest BCUT2D eigenvalue weighted by atomic mass is 9.97. The van der Waals surface area contributed by atoms with Gasteiger partial charge in [-0.15, -0.1) is 0 Å². The molecular weight excluding hydrogens is 1030 g/mol. The highest BCUT2D eigenvalue weighted by atomic mass is 35.5. The number of nitrogens with zero attached hydrogens (tertiary/aromatic N) is 7. The Morgan fingerprint density at radius 3 is 1.77 bits per heavy atom. The number of aromatic nitrogens is 8. The van der Waals surface area contributed by atoms with Gasteiger partial charge in [0.2, 0.25) is 0 Å². The van der Waals surface area contributed by atoms with Crippen molar-refractivity contribution < 1.29 is 23.7 Å². The summed E-state index contributed by atoms with van der Waals surface area (Å²) in [5, 5.41) is 3.82.